The first-order valence-corrected chi connectivity index (χ1v) is 12.4. The number of carbonyl (C=O) groups is 2. The van der Waals surface area contributed by atoms with Gasteiger partial charge in [0.15, 0.2) is 5.43 Å². The van der Waals surface area contributed by atoms with Gasteiger partial charge in [-0.3, -0.25) is 14.4 Å². The summed E-state index contributed by atoms with van der Waals surface area (Å²) in [7, 11) is 0. The zero-order valence-corrected chi connectivity index (χ0v) is 20.0. The smallest absolute Gasteiger partial charge is 0.242 e. The number of amides is 2. The van der Waals surface area contributed by atoms with E-state index in [1.807, 2.05) is 0 Å². The Kier molecular flexibility index (Phi) is 7.13. The number of hydrogen-bond donors (Lipinski definition) is 0. The zero-order valence-electron chi connectivity index (χ0n) is 20.0. The van der Waals surface area contributed by atoms with E-state index in [0.29, 0.717) is 35.2 Å². The van der Waals surface area contributed by atoms with Crippen LogP contribution in [0.2, 0.25) is 0 Å². The molecule has 2 aromatic carbocycles. The number of carbonyl (C=O) groups excluding carboxylic acids is 2. The summed E-state index contributed by atoms with van der Waals surface area (Å²) in [5.41, 5.74) is 1.32. The molecule has 8 heteroatoms. The first-order valence-electron chi connectivity index (χ1n) is 12.4. The molecule has 7 nitrogen and oxygen atoms in total. The lowest BCUT2D eigenvalue weighted by atomic mass is 10.1. The summed E-state index contributed by atoms with van der Waals surface area (Å²) in [5.74, 6) is -0.716. The van der Waals surface area contributed by atoms with Crippen molar-refractivity contribution in [2.45, 2.75) is 44.9 Å². The van der Waals surface area contributed by atoms with E-state index in [1.54, 1.807) is 41.3 Å². The molecule has 3 aromatic rings. The highest BCUT2D eigenvalue weighted by molar-refractivity contribution is 5.87. The maximum Gasteiger partial charge on any atom is 0.242 e. The Morgan fingerprint density at radius 3 is 2.47 bits per heavy atom. The minimum Gasteiger partial charge on any atom is -0.464 e. The molecule has 1 unspecified atom stereocenters. The lowest BCUT2D eigenvalue weighted by Crippen LogP contribution is -2.46. The molecule has 0 spiro atoms. The predicted octanol–water partition coefficient (Wildman–Crippen LogP) is 3.88. The molecule has 1 atom stereocenters. The highest BCUT2D eigenvalue weighted by Crippen LogP contribution is 2.31. The van der Waals surface area contributed by atoms with Crippen LogP contribution in [-0.2, 0) is 27.4 Å². The van der Waals surface area contributed by atoms with Gasteiger partial charge in [-0.1, -0.05) is 24.3 Å². The van der Waals surface area contributed by atoms with Crippen molar-refractivity contribution >= 4 is 22.8 Å². The molecule has 1 aromatic heterocycles. The molecular weight excluding hydrogens is 463 g/mol. The standard InChI is InChI=1S/C28H29FN2O5/c29-22-11-7-19(8-12-22)14-30(15-21-18-36-25-6-2-1-5-24(25)27(21)33)26(32)17-31(28(34)20-9-10-20)16-23-4-3-13-35-23/h1-2,5-8,11-12,18,20,23H,3-4,9-10,13-17H2. The fourth-order valence-electron chi connectivity index (χ4n) is 4.59. The van der Waals surface area contributed by atoms with Crippen molar-refractivity contribution in [3.63, 3.8) is 0 Å². The average Bonchev–Trinajstić information content (AvgIpc) is 3.61. The first kappa shape index (κ1) is 24.2. The summed E-state index contributed by atoms with van der Waals surface area (Å²) in [5, 5.41) is 0.438. The van der Waals surface area contributed by atoms with E-state index in [-0.39, 0.29) is 54.7 Å². The van der Waals surface area contributed by atoms with Crippen molar-refractivity contribution in [1.29, 1.82) is 0 Å². The van der Waals surface area contributed by atoms with Crippen molar-refractivity contribution in [1.82, 2.24) is 9.80 Å². The summed E-state index contributed by atoms with van der Waals surface area (Å²) < 4.78 is 24.9. The molecule has 1 aliphatic carbocycles. The van der Waals surface area contributed by atoms with Gasteiger partial charge in [-0.25, -0.2) is 4.39 Å². The second-order valence-electron chi connectivity index (χ2n) is 9.59. The van der Waals surface area contributed by atoms with E-state index in [0.717, 1.165) is 25.7 Å². The quantitative estimate of drug-likeness (QED) is 0.453. The molecule has 188 valence electrons. The molecule has 5 rings (SSSR count). The molecule has 0 bridgehead atoms. The predicted molar refractivity (Wildman–Crippen MR) is 131 cm³/mol. The molecule has 0 radical (unpaired) electrons. The van der Waals surface area contributed by atoms with E-state index >= 15 is 0 Å². The highest BCUT2D eigenvalue weighted by Gasteiger charge is 2.36. The van der Waals surface area contributed by atoms with E-state index in [4.69, 9.17) is 9.15 Å². The van der Waals surface area contributed by atoms with Crippen LogP contribution >= 0.6 is 0 Å². The largest absolute Gasteiger partial charge is 0.464 e. The second kappa shape index (κ2) is 10.6. The third-order valence-corrected chi connectivity index (χ3v) is 6.76. The molecule has 1 aliphatic heterocycles. The van der Waals surface area contributed by atoms with Crippen LogP contribution < -0.4 is 5.43 Å². The molecule has 2 aliphatic rings. The normalized spacial score (nSPS) is 17.3. The molecule has 1 saturated carbocycles. The second-order valence-corrected chi connectivity index (χ2v) is 9.59. The van der Waals surface area contributed by atoms with Crippen LogP contribution in [-0.4, -0.2) is 47.4 Å². The summed E-state index contributed by atoms with van der Waals surface area (Å²) in [6.07, 6.45) is 4.80. The molecule has 2 amide bonds. The van der Waals surface area contributed by atoms with Gasteiger partial charge in [0, 0.05) is 25.6 Å². The Balaban J connectivity index is 1.40. The van der Waals surface area contributed by atoms with Crippen LogP contribution in [0.5, 0.6) is 0 Å². The van der Waals surface area contributed by atoms with E-state index in [2.05, 4.69) is 0 Å². The van der Waals surface area contributed by atoms with Gasteiger partial charge >= 0.3 is 0 Å². The topological polar surface area (TPSA) is 80.1 Å². The van der Waals surface area contributed by atoms with Crippen molar-refractivity contribution in [2.24, 2.45) is 5.92 Å². The molecule has 2 heterocycles. The highest BCUT2D eigenvalue weighted by atomic mass is 19.1. The number of benzene rings is 2. The Morgan fingerprint density at radius 2 is 1.75 bits per heavy atom. The van der Waals surface area contributed by atoms with E-state index < -0.39 is 0 Å². The number of rotatable bonds is 9. The molecule has 1 saturated heterocycles. The van der Waals surface area contributed by atoms with Crippen molar-refractivity contribution in [3.8, 4) is 0 Å². The third kappa shape index (κ3) is 5.65. The third-order valence-electron chi connectivity index (χ3n) is 6.76. The first-order chi connectivity index (χ1) is 17.5. The van der Waals surface area contributed by atoms with Gasteiger partial charge in [0.1, 0.15) is 11.4 Å². The van der Waals surface area contributed by atoms with Crippen molar-refractivity contribution in [3.05, 3.63) is 82.0 Å². The van der Waals surface area contributed by atoms with Gasteiger partial charge < -0.3 is 19.0 Å². The summed E-state index contributed by atoms with van der Waals surface area (Å²) in [6, 6.07) is 12.8. The van der Waals surface area contributed by atoms with E-state index in [1.165, 1.54) is 23.3 Å². The van der Waals surface area contributed by atoms with Crippen LogP contribution in [0.3, 0.4) is 0 Å². The summed E-state index contributed by atoms with van der Waals surface area (Å²) in [6.45, 7) is 1.11. The monoisotopic (exact) mass is 492 g/mol. The summed E-state index contributed by atoms with van der Waals surface area (Å²) >= 11 is 0. The maximum absolute atomic E-state index is 13.6. The van der Waals surface area contributed by atoms with Crippen LogP contribution in [0.15, 0.2) is 64.0 Å². The van der Waals surface area contributed by atoms with Crippen LogP contribution in [0.1, 0.15) is 36.8 Å². The number of halogens is 1. The number of ether oxygens (including phenoxy) is 1. The molecule has 0 N–H and O–H groups in total. The number of nitrogens with zero attached hydrogens (tertiary/aromatic N) is 2. The van der Waals surface area contributed by atoms with Gasteiger partial charge in [0.05, 0.1) is 36.4 Å². The molecular formula is C28H29FN2O5. The van der Waals surface area contributed by atoms with Crippen LogP contribution in [0.4, 0.5) is 4.39 Å². The van der Waals surface area contributed by atoms with Gasteiger partial charge in [-0.2, -0.15) is 0 Å². The van der Waals surface area contributed by atoms with Gasteiger partial charge in [0.25, 0.3) is 0 Å². The lowest BCUT2D eigenvalue weighted by molar-refractivity contribution is -0.143. The van der Waals surface area contributed by atoms with E-state index in [9.17, 15) is 18.8 Å². The van der Waals surface area contributed by atoms with Gasteiger partial charge in [-0.15, -0.1) is 0 Å². The fourth-order valence-corrected chi connectivity index (χ4v) is 4.59. The number of hydrogen-bond acceptors (Lipinski definition) is 5. The van der Waals surface area contributed by atoms with Crippen molar-refractivity contribution in [2.75, 3.05) is 19.7 Å². The Hall–Kier alpha value is -3.52. The Morgan fingerprint density at radius 1 is 0.972 bits per heavy atom. The summed E-state index contributed by atoms with van der Waals surface area (Å²) in [4.78, 5) is 42.9. The Bertz CT molecular complexity index is 1300. The number of para-hydroxylation sites is 1. The maximum atomic E-state index is 13.6. The van der Waals surface area contributed by atoms with Gasteiger partial charge in [-0.05, 0) is 55.5 Å². The minimum absolute atomic E-state index is 0.00870. The minimum atomic E-state index is -0.371. The Labute approximate surface area is 208 Å². The molecule has 2 fully saturated rings. The average molecular weight is 493 g/mol. The lowest BCUT2D eigenvalue weighted by Gasteiger charge is -2.29. The van der Waals surface area contributed by atoms with Crippen molar-refractivity contribution < 1.29 is 23.1 Å². The number of fused-ring (bicyclic) bond motifs is 1. The SMILES string of the molecule is O=C(CN(CC1CCCO1)C(=O)C1CC1)N(Cc1ccc(F)cc1)Cc1coc2ccccc2c1=O. The fraction of sp³-hybridized carbons (Fsp3) is 0.393. The molecule has 36 heavy (non-hydrogen) atoms. The van der Waals surface area contributed by atoms with Gasteiger partial charge in [0.2, 0.25) is 11.8 Å². The zero-order chi connectivity index (χ0) is 25.1. The van der Waals surface area contributed by atoms with Crippen LogP contribution in [0, 0.1) is 11.7 Å². The van der Waals surface area contributed by atoms with Crippen LogP contribution in [0.25, 0.3) is 11.0 Å².